The smallest absolute Gasteiger partial charge is 0.216 e. The second kappa shape index (κ2) is 5.45. The fourth-order valence-corrected chi connectivity index (χ4v) is 2.74. The molecule has 0 bridgehead atoms. The number of hydrogen-bond acceptors (Lipinski definition) is 3. The first-order chi connectivity index (χ1) is 7.07. The summed E-state index contributed by atoms with van der Waals surface area (Å²) in [6, 6.07) is -0.432. The molecular formula is C11H21NO3. The maximum atomic E-state index is 10.9. The topological polar surface area (TPSA) is 63.4 Å². The Labute approximate surface area is 90.8 Å². The summed E-state index contributed by atoms with van der Waals surface area (Å²) >= 11 is 0. The summed E-state index contributed by atoms with van der Waals surface area (Å²) in [4.78, 5) is 10.8. The third-order valence-electron chi connectivity index (χ3n) is 3.67. The Hall–Kier alpha value is -0.640. The van der Waals surface area contributed by atoms with E-state index in [0.717, 1.165) is 19.3 Å². The van der Waals surface area contributed by atoms with Crippen molar-refractivity contribution in [2.24, 2.45) is 17.8 Å². The molecule has 0 amide bonds. The normalized spacial score (nSPS) is 29.1. The molecule has 3 atom stereocenters. The van der Waals surface area contributed by atoms with Crippen LogP contribution in [0.15, 0.2) is 0 Å². The minimum Gasteiger partial charge on any atom is -0.396 e. The van der Waals surface area contributed by atoms with Crippen molar-refractivity contribution < 1.29 is 10.0 Å². The summed E-state index contributed by atoms with van der Waals surface area (Å²) in [5.41, 5.74) is 0. The molecule has 0 aromatic rings. The molecule has 0 radical (unpaired) electrons. The summed E-state index contributed by atoms with van der Waals surface area (Å²) in [6.07, 6.45) is 3.60. The fraction of sp³-hybridized carbons (Fsp3) is 1.00. The van der Waals surface area contributed by atoms with Crippen LogP contribution >= 0.6 is 0 Å². The van der Waals surface area contributed by atoms with E-state index in [2.05, 4.69) is 0 Å². The van der Waals surface area contributed by atoms with Gasteiger partial charge in [0.05, 0.1) is 0 Å². The molecule has 15 heavy (non-hydrogen) atoms. The molecule has 1 fully saturated rings. The largest absolute Gasteiger partial charge is 0.396 e. The minimum absolute atomic E-state index is 0.0683. The molecule has 4 heteroatoms. The van der Waals surface area contributed by atoms with Crippen LogP contribution in [0.1, 0.15) is 39.5 Å². The van der Waals surface area contributed by atoms with Crippen LogP contribution in [-0.4, -0.2) is 22.7 Å². The first kappa shape index (κ1) is 12.4. The van der Waals surface area contributed by atoms with Gasteiger partial charge < -0.3 is 5.11 Å². The second-order valence-electron chi connectivity index (χ2n) is 4.89. The Bertz CT molecular complexity index is 218. The predicted molar refractivity (Wildman–Crippen MR) is 58.2 cm³/mol. The van der Waals surface area contributed by atoms with E-state index in [4.69, 9.17) is 0 Å². The molecule has 1 aliphatic carbocycles. The second-order valence-corrected chi connectivity index (χ2v) is 4.89. The molecule has 4 nitrogen and oxygen atoms in total. The molecule has 1 saturated carbocycles. The van der Waals surface area contributed by atoms with Gasteiger partial charge in [0.2, 0.25) is 6.04 Å². The van der Waals surface area contributed by atoms with Crippen LogP contribution in [0, 0.1) is 27.9 Å². The minimum atomic E-state index is -0.432. The molecule has 0 unspecified atom stereocenters. The number of hydrogen-bond donors (Lipinski definition) is 1. The maximum absolute atomic E-state index is 10.9. The highest BCUT2D eigenvalue weighted by Crippen LogP contribution is 2.35. The molecule has 0 heterocycles. The van der Waals surface area contributed by atoms with Crippen molar-refractivity contribution in [3.63, 3.8) is 0 Å². The molecule has 0 aromatic carbocycles. The van der Waals surface area contributed by atoms with Crippen LogP contribution < -0.4 is 0 Å². The van der Waals surface area contributed by atoms with Crippen molar-refractivity contribution in [3.8, 4) is 0 Å². The molecule has 88 valence electrons. The maximum Gasteiger partial charge on any atom is 0.216 e. The summed E-state index contributed by atoms with van der Waals surface area (Å²) in [5, 5.41) is 20.3. The summed E-state index contributed by atoms with van der Waals surface area (Å²) in [7, 11) is 0. The molecule has 0 aliphatic heterocycles. The highest BCUT2D eigenvalue weighted by atomic mass is 16.6. The van der Waals surface area contributed by atoms with Crippen LogP contribution in [0.3, 0.4) is 0 Å². The predicted octanol–water partition coefficient (Wildman–Crippen LogP) is 2.09. The first-order valence-electron chi connectivity index (χ1n) is 5.82. The van der Waals surface area contributed by atoms with E-state index in [1.165, 1.54) is 0 Å². The lowest BCUT2D eigenvalue weighted by Gasteiger charge is -2.33. The molecule has 0 aromatic heterocycles. The number of rotatable bonds is 4. The highest BCUT2D eigenvalue weighted by Gasteiger charge is 2.39. The van der Waals surface area contributed by atoms with Gasteiger partial charge in [-0.25, -0.2) is 0 Å². The molecule has 1 aliphatic rings. The summed E-state index contributed by atoms with van der Waals surface area (Å²) < 4.78 is 0. The lowest BCUT2D eigenvalue weighted by Crippen LogP contribution is -2.40. The standard InChI is InChI=1S/C11H21NO3/c1-8(2)10(7-13)9-5-3-4-6-11(9)12(14)15/h8-11,13H,3-7H2,1-2H3/t9-,10-,11-/m0/s1. The summed E-state index contributed by atoms with van der Waals surface area (Å²) in [5.74, 6) is 0.472. The first-order valence-corrected chi connectivity index (χ1v) is 5.82. The van der Waals surface area contributed by atoms with Crippen LogP contribution in [0.25, 0.3) is 0 Å². The number of nitrogens with zero attached hydrogens (tertiary/aromatic N) is 1. The van der Waals surface area contributed by atoms with Gasteiger partial charge in [-0.1, -0.05) is 20.3 Å². The Morgan fingerprint density at radius 1 is 1.40 bits per heavy atom. The Kier molecular flexibility index (Phi) is 4.51. The van der Waals surface area contributed by atoms with Gasteiger partial charge in [-0.05, 0) is 24.7 Å². The third-order valence-corrected chi connectivity index (χ3v) is 3.67. The molecule has 0 saturated heterocycles. The number of nitro groups is 1. The lowest BCUT2D eigenvalue weighted by molar-refractivity contribution is -0.538. The van der Waals surface area contributed by atoms with Gasteiger partial charge >= 0.3 is 0 Å². The zero-order chi connectivity index (χ0) is 11.4. The zero-order valence-corrected chi connectivity index (χ0v) is 9.56. The van der Waals surface area contributed by atoms with E-state index in [1.807, 2.05) is 13.8 Å². The average molecular weight is 215 g/mol. The van der Waals surface area contributed by atoms with Crippen molar-refractivity contribution >= 4 is 0 Å². The van der Waals surface area contributed by atoms with E-state index in [9.17, 15) is 15.2 Å². The fourth-order valence-electron chi connectivity index (χ4n) is 2.74. The van der Waals surface area contributed by atoms with Gasteiger partial charge in [-0.3, -0.25) is 10.1 Å². The van der Waals surface area contributed by atoms with Gasteiger partial charge in [0, 0.05) is 23.9 Å². The average Bonchev–Trinajstić information content (AvgIpc) is 2.18. The zero-order valence-electron chi connectivity index (χ0n) is 9.56. The lowest BCUT2D eigenvalue weighted by atomic mass is 9.73. The van der Waals surface area contributed by atoms with Gasteiger partial charge in [0.25, 0.3) is 0 Å². The number of aliphatic hydroxyl groups excluding tert-OH is 1. The van der Waals surface area contributed by atoms with Gasteiger partial charge in [-0.15, -0.1) is 0 Å². The van der Waals surface area contributed by atoms with Gasteiger partial charge in [-0.2, -0.15) is 0 Å². The highest BCUT2D eigenvalue weighted by molar-refractivity contribution is 4.82. The molecule has 1 rings (SSSR count). The van der Waals surface area contributed by atoms with E-state index >= 15 is 0 Å². The van der Waals surface area contributed by atoms with Crippen molar-refractivity contribution in [1.29, 1.82) is 0 Å². The molecule has 1 N–H and O–H groups in total. The Balaban J connectivity index is 2.73. The van der Waals surface area contributed by atoms with Crippen LogP contribution in [-0.2, 0) is 0 Å². The molecular weight excluding hydrogens is 194 g/mol. The third kappa shape index (κ3) is 2.91. The van der Waals surface area contributed by atoms with Crippen LogP contribution in [0.5, 0.6) is 0 Å². The Morgan fingerprint density at radius 2 is 2.00 bits per heavy atom. The Morgan fingerprint density at radius 3 is 2.47 bits per heavy atom. The quantitative estimate of drug-likeness (QED) is 0.577. The van der Waals surface area contributed by atoms with Crippen LogP contribution in [0.4, 0.5) is 0 Å². The summed E-state index contributed by atoms with van der Waals surface area (Å²) in [6.45, 7) is 4.14. The van der Waals surface area contributed by atoms with E-state index in [-0.39, 0.29) is 23.4 Å². The van der Waals surface area contributed by atoms with Crippen molar-refractivity contribution in [2.45, 2.75) is 45.6 Å². The van der Waals surface area contributed by atoms with Gasteiger partial charge in [0.15, 0.2) is 0 Å². The van der Waals surface area contributed by atoms with Gasteiger partial charge in [0.1, 0.15) is 0 Å². The van der Waals surface area contributed by atoms with Crippen LogP contribution in [0.2, 0.25) is 0 Å². The number of aliphatic hydroxyl groups is 1. The molecule has 0 spiro atoms. The SMILES string of the molecule is CC(C)[C@H](CO)[C@@H]1CCCC[C@@H]1[N+](=O)[O-]. The van der Waals surface area contributed by atoms with Crippen molar-refractivity contribution in [1.82, 2.24) is 0 Å². The van der Waals surface area contributed by atoms with E-state index in [1.54, 1.807) is 0 Å². The van der Waals surface area contributed by atoms with E-state index in [0.29, 0.717) is 12.3 Å². The van der Waals surface area contributed by atoms with E-state index < -0.39 is 6.04 Å². The monoisotopic (exact) mass is 215 g/mol. The van der Waals surface area contributed by atoms with Crippen molar-refractivity contribution in [2.75, 3.05) is 6.61 Å². The van der Waals surface area contributed by atoms with Crippen molar-refractivity contribution in [3.05, 3.63) is 10.1 Å².